The van der Waals surface area contributed by atoms with Gasteiger partial charge in [0.25, 0.3) is 0 Å². The van der Waals surface area contributed by atoms with Gasteiger partial charge in [-0.2, -0.15) is 35.9 Å². The summed E-state index contributed by atoms with van der Waals surface area (Å²) in [5.41, 5.74) is 3.73. The number of aromatic nitrogens is 1. The van der Waals surface area contributed by atoms with Gasteiger partial charge in [-0.15, -0.1) is 42.7 Å². The van der Waals surface area contributed by atoms with Gasteiger partial charge >= 0.3 is 17.4 Å². The maximum atomic E-state index is 4.13. The van der Waals surface area contributed by atoms with Gasteiger partial charge in [0.05, 0.1) is 0 Å². The number of benzene rings is 3. The molecule has 0 saturated carbocycles. The summed E-state index contributed by atoms with van der Waals surface area (Å²) in [6.07, 6.45) is 11.4. The summed E-state index contributed by atoms with van der Waals surface area (Å²) in [5, 5.41) is 3.84. The fourth-order valence-corrected chi connectivity index (χ4v) is 3.18. The van der Waals surface area contributed by atoms with E-state index in [4.69, 9.17) is 0 Å². The van der Waals surface area contributed by atoms with E-state index in [1.54, 1.807) is 6.20 Å². The van der Waals surface area contributed by atoms with Crippen LogP contribution in [0.15, 0.2) is 96.7 Å². The maximum Gasteiger partial charge on any atom is 2.00 e. The summed E-state index contributed by atoms with van der Waals surface area (Å²) in [4.78, 5) is 4.13. The number of pyridine rings is 1. The Morgan fingerprint density at radius 3 is 2.38 bits per heavy atom. The normalized spacial score (nSPS) is 11.4. The number of rotatable bonds is 2. The number of hydrogen-bond acceptors (Lipinski definition) is 1. The molecule has 0 unspecified atom stereocenters. The summed E-state index contributed by atoms with van der Waals surface area (Å²) >= 11 is 0. The van der Waals surface area contributed by atoms with Crippen molar-refractivity contribution in [1.82, 2.24) is 4.98 Å². The van der Waals surface area contributed by atoms with Crippen LogP contribution < -0.4 is 0 Å². The van der Waals surface area contributed by atoms with E-state index in [1.165, 1.54) is 21.9 Å². The van der Waals surface area contributed by atoms with E-state index in [0.29, 0.717) is 0 Å². The number of para-hydroxylation sites is 1. The molecule has 1 aliphatic rings. The summed E-state index contributed by atoms with van der Waals surface area (Å²) in [6, 6.07) is 28.0. The summed E-state index contributed by atoms with van der Waals surface area (Å²) in [7, 11) is 0. The Morgan fingerprint density at radius 1 is 0.828 bits per heavy atom. The first kappa shape index (κ1) is 25.0. The van der Waals surface area contributed by atoms with Gasteiger partial charge < -0.3 is 0 Å². The third kappa shape index (κ3) is 6.46. The molecule has 0 N–H and O–H groups in total. The Balaban J connectivity index is 0.000000285. The first-order valence-corrected chi connectivity index (χ1v) is 8.84. The molecule has 0 spiro atoms. The van der Waals surface area contributed by atoms with Gasteiger partial charge in [0.1, 0.15) is 0 Å². The van der Waals surface area contributed by atoms with Gasteiger partial charge in [-0.25, -0.2) is 6.08 Å². The third-order valence-electron chi connectivity index (χ3n) is 4.48. The molecule has 4 aromatic rings. The van der Waals surface area contributed by atoms with Gasteiger partial charge in [-0.3, -0.25) is 11.1 Å². The van der Waals surface area contributed by atoms with Crippen molar-refractivity contribution in [3.63, 3.8) is 0 Å². The molecule has 0 saturated heterocycles. The van der Waals surface area contributed by atoms with Crippen molar-refractivity contribution in [2.24, 2.45) is 0 Å². The number of halogens is 2. The van der Waals surface area contributed by atoms with Crippen molar-refractivity contribution in [3.8, 4) is 0 Å². The van der Waals surface area contributed by atoms with Crippen molar-refractivity contribution in [1.29, 1.82) is 0 Å². The van der Waals surface area contributed by atoms with Crippen molar-refractivity contribution in [3.05, 3.63) is 114 Å². The van der Waals surface area contributed by atoms with Gasteiger partial charge in [0.2, 0.25) is 0 Å². The molecule has 1 aromatic heterocycles. The van der Waals surface area contributed by atoms with E-state index in [-0.39, 0.29) is 42.2 Å². The summed E-state index contributed by atoms with van der Waals surface area (Å²) in [5.74, 6) is 0. The molecule has 4 heteroatoms. The molecule has 146 valence electrons. The molecule has 1 heterocycles. The fraction of sp³-hybridized carbons (Fsp3) is 0.0800. The molecular weight excluding hydrogens is 437 g/mol. The fourth-order valence-electron chi connectivity index (χ4n) is 3.18. The minimum atomic E-state index is 0. The Hall–Kier alpha value is -2.08. The summed E-state index contributed by atoms with van der Waals surface area (Å²) < 4.78 is 0. The number of hydrogen-bond donors (Lipinski definition) is 0. The molecule has 1 aliphatic carbocycles. The van der Waals surface area contributed by atoms with Crippen LogP contribution in [0.25, 0.3) is 21.7 Å². The average molecular weight is 458 g/mol. The molecule has 0 atom stereocenters. The van der Waals surface area contributed by atoms with Crippen LogP contribution >= 0.6 is 24.8 Å². The number of fused-ring (bicyclic) bond motifs is 2. The topological polar surface area (TPSA) is 12.9 Å². The zero-order valence-electron chi connectivity index (χ0n) is 15.7. The van der Waals surface area contributed by atoms with Crippen LogP contribution in [0.1, 0.15) is 12.0 Å². The Labute approximate surface area is 195 Å². The van der Waals surface area contributed by atoms with Gasteiger partial charge in [0.15, 0.2) is 0 Å². The Bertz CT molecular complexity index is 1040. The zero-order valence-corrected chi connectivity index (χ0v) is 18.7. The van der Waals surface area contributed by atoms with Gasteiger partial charge in [0, 0.05) is 6.20 Å². The SMILES string of the molecule is Cl.Cl.[C-]1=CC(Cc2cccc3ccccc23)=CC1.[Cr+2].[c-]1cccc2cccnc12. The van der Waals surface area contributed by atoms with Crippen molar-refractivity contribution < 1.29 is 17.4 Å². The first-order chi connectivity index (χ1) is 12.9. The van der Waals surface area contributed by atoms with Crippen molar-refractivity contribution in [2.75, 3.05) is 0 Å². The minimum Gasteiger partial charge on any atom is -0.283 e. The van der Waals surface area contributed by atoms with Crippen molar-refractivity contribution in [2.45, 2.75) is 12.8 Å². The Morgan fingerprint density at radius 2 is 1.59 bits per heavy atom. The van der Waals surface area contributed by atoms with E-state index in [0.717, 1.165) is 23.7 Å². The quantitative estimate of drug-likeness (QED) is 0.296. The molecule has 0 bridgehead atoms. The van der Waals surface area contributed by atoms with E-state index < -0.39 is 0 Å². The second-order valence-corrected chi connectivity index (χ2v) is 6.26. The molecule has 0 aliphatic heterocycles. The smallest absolute Gasteiger partial charge is 0.283 e. The second-order valence-electron chi connectivity index (χ2n) is 6.26. The van der Waals surface area contributed by atoms with E-state index >= 15 is 0 Å². The van der Waals surface area contributed by atoms with Gasteiger partial charge in [-0.05, 0) is 16.3 Å². The molecule has 3 aromatic carbocycles. The van der Waals surface area contributed by atoms with Crippen LogP contribution in [0, 0.1) is 12.1 Å². The number of allylic oxidation sites excluding steroid dienone is 4. The molecule has 1 nitrogen and oxygen atoms in total. The number of nitrogens with zero attached hydrogens (tertiary/aromatic N) is 1. The second kappa shape index (κ2) is 12.5. The molecule has 0 amide bonds. The molecule has 0 radical (unpaired) electrons. The maximum absolute atomic E-state index is 4.13. The molecule has 0 fully saturated rings. The van der Waals surface area contributed by atoms with E-state index in [2.05, 4.69) is 71.7 Å². The van der Waals surface area contributed by atoms with Crippen LogP contribution in [0.4, 0.5) is 0 Å². The average Bonchev–Trinajstić information content (AvgIpc) is 3.22. The van der Waals surface area contributed by atoms with E-state index in [9.17, 15) is 0 Å². The Kier molecular flexibility index (Phi) is 10.7. The van der Waals surface area contributed by atoms with Crippen LogP contribution in [0.3, 0.4) is 0 Å². The monoisotopic (exact) mass is 457 g/mol. The van der Waals surface area contributed by atoms with Crippen LogP contribution in [0.2, 0.25) is 0 Å². The van der Waals surface area contributed by atoms with E-state index in [1.807, 2.05) is 30.3 Å². The molecule has 29 heavy (non-hydrogen) atoms. The standard InChI is InChI=1S/C16H13.C9H6N.2ClH.Cr/c1-2-7-13(6-1)12-15-10-5-9-14-8-3-4-11-16(14)15;1-2-6-9-8(4-1)5-3-7-10-9;;;/h3-11H,1,12H2;1-5,7H;2*1H;/q2*-1;;;+2. The molecule has 5 rings (SSSR count). The first-order valence-electron chi connectivity index (χ1n) is 8.84. The zero-order chi connectivity index (χ0) is 17.6. The van der Waals surface area contributed by atoms with Crippen molar-refractivity contribution >= 4 is 46.5 Å². The largest absolute Gasteiger partial charge is 2.00 e. The minimum absolute atomic E-state index is 0. The third-order valence-corrected chi connectivity index (χ3v) is 4.48. The summed E-state index contributed by atoms with van der Waals surface area (Å²) in [6.45, 7) is 0. The predicted octanol–water partition coefficient (Wildman–Crippen LogP) is 6.95. The predicted molar refractivity (Wildman–Crippen MR) is 123 cm³/mol. The van der Waals surface area contributed by atoms with Crippen LogP contribution in [-0.4, -0.2) is 4.98 Å². The van der Waals surface area contributed by atoms with Gasteiger partial charge in [-0.1, -0.05) is 60.5 Å². The van der Waals surface area contributed by atoms with Crippen LogP contribution in [-0.2, 0) is 23.8 Å². The van der Waals surface area contributed by atoms with Crippen LogP contribution in [0.5, 0.6) is 0 Å². The molecular formula is C25H21Cl2CrN.